The molecule has 0 saturated carbocycles. The zero-order valence-electron chi connectivity index (χ0n) is 6.79. The van der Waals surface area contributed by atoms with Crippen molar-refractivity contribution in [1.82, 2.24) is 0 Å². The van der Waals surface area contributed by atoms with E-state index in [1.807, 2.05) is 0 Å². The Bertz CT molecular complexity index is 225. The van der Waals surface area contributed by atoms with Crippen molar-refractivity contribution in [2.45, 2.75) is 13.8 Å². The second kappa shape index (κ2) is 4.37. The van der Waals surface area contributed by atoms with E-state index in [0.29, 0.717) is 0 Å². The standard InChI is InChI=1S/C5H11N6/c1-4(6)8-10-11(3)9-5(2)7/h6-7H,1-3H3/q+1. The SMILES string of the molecule is CC(=N)N=N[N+](C)=NC(C)=N. The van der Waals surface area contributed by atoms with Gasteiger partial charge < -0.3 is 0 Å². The molecular weight excluding hydrogens is 144 g/mol. The molecule has 0 saturated heterocycles. The van der Waals surface area contributed by atoms with Crippen LogP contribution in [0, 0.1) is 10.8 Å². The van der Waals surface area contributed by atoms with Crippen LogP contribution >= 0.6 is 0 Å². The number of azo groups is 1. The second-order valence-corrected chi connectivity index (χ2v) is 1.95. The van der Waals surface area contributed by atoms with E-state index < -0.39 is 0 Å². The van der Waals surface area contributed by atoms with Gasteiger partial charge in [0.05, 0.1) is 5.11 Å². The van der Waals surface area contributed by atoms with Crippen LogP contribution < -0.4 is 0 Å². The molecule has 0 aliphatic rings. The van der Waals surface area contributed by atoms with Crippen LogP contribution in [-0.4, -0.2) is 23.5 Å². The highest BCUT2D eigenvalue weighted by atomic mass is 15.6. The normalized spacial score (nSPS) is 12.1. The van der Waals surface area contributed by atoms with Crippen molar-refractivity contribution in [2.24, 2.45) is 15.5 Å². The van der Waals surface area contributed by atoms with Crippen LogP contribution in [0.4, 0.5) is 0 Å². The predicted octanol–water partition coefficient (Wildman–Crippen LogP) is 1.44. The monoisotopic (exact) mass is 155 g/mol. The average molecular weight is 155 g/mol. The number of hydrogen-bond acceptors (Lipinski definition) is 2. The number of nitrogens with zero attached hydrogens (tertiary/aromatic N) is 4. The Morgan fingerprint density at radius 2 is 1.73 bits per heavy atom. The molecule has 6 heteroatoms. The molecule has 0 unspecified atom stereocenters. The Balaban J connectivity index is 4.17. The Morgan fingerprint density at radius 3 is 2.09 bits per heavy atom. The van der Waals surface area contributed by atoms with Crippen molar-refractivity contribution in [2.75, 3.05) is 7.05 Å². The van der Waals surface area contributed by atoms with E-state index in [4.69, 9.17) is 10.8 Å². The highest BCUT2D eigenvalue weighted by Gasteiger charge is 1.94. The van der Waals surface area contributed by atoms with E-state index in [-0.39, 0.29) is 11.7 Å². The Kier molecular flexibility index (Phi) is 3.79. The minimum Gasteiger partial charge on any atom is -0.284 e. The van der Waals surface area contributed by atoms with Gasteiger partial charge in [-0.25, -0.2) is 0 Å². The van der Waals surface area contributed by atoms with Gasteiger partial charge >= 0.3 is 0 Å². The smallest absolute Gasteiger partial charge is 0.260 e. The fourth-order valence-corrected chi connectivity index (χ4v) is 0.369. The first-order valence-corrected chi connectivity index (χ1v) is 2.99. The molecule has 0 aliphatic heterocycles. The third kappa shape index (κ3) is 6.42. The minimum absolute atomic E-state index is 0.106. The molecule has 0 fully saturated rings. The van der Waals surface area contributed by atoms with Gasteiger partial charge in [-0.2, -0.15) is 0 Å². The van der Waals surface area contributed by atoms with Gasteiger partial charge in [-0.3, -0.25) is 10.8 Å². The Labute approximate surface area is 64.6 Å². The number of rotatable bonds is 1. The highest BCUT2D eigenvalue weighted by molar-refractivity contribution is 5.76. The molecule has 0 spiro atoms. The van der Waals surface area contributed by atoms with E-state index in [1.165, 1.54) is 13.8 Å². The summed E-state index contributed by atoms with van der Waals surface area (Å²) in [5.41, 5.74) is 0. The Morgan fingerprint density at radius 1 is 1.18 bits per heavy atom. The molecule has 0 aromatic rings. The molecule has 0 aliphatic carbocycles. The summed E-state index contributed by atoms with van der Waals surface area (Å²) in [7, 11) is 1.55. The first kappa shape index (κ1) is 9.54. The second-order valence-electron chi connectivity index (χ2n) is 1.95. The first-order chi connectivity index (χ1) is 5.02. The fraction of sp³-hybridized carbons (Fsp3) is 0.600. The van der Waals surface area contributed by atoms with Gasteiger partial charge in [0.15, 0.2) is 11.1 Å². The first-order valence-electron chi connectivity index (χ1n) is 2.99. The van der Waals surface area contributed by atoms with Gasteiger partial charge in [0.25, 0.3) is 5.84 Å². The third-order valence-corrected chi connectivity index (χ3v) is 0.619. The van der Waals surface area contributed by atoms with Gasteiger partial charge in [0, 0.05) is 6.92 Å². The lowest BCUT2D eigenvalue weighted by Crippen LogP contribution is -1.96. The molecule has 0 amide bonds. The van der Waals surface area contributed by atoms with Crippen LogP contribution in [0.2, 0.25) is 0 Å². The molecule has 0 heterocycles. The van der Waals surface area contributed by atoms with Gasteiger partial charge in [-0.15, -0.1) is 0 Å². The largest absolute Gasteiger partial charge is 0.284 e. The fourth-order valence-electron chi connectivity index (χ4n) is 0.369. The van der Waals surface area contributed by atoms with Crippen molar-refractivity contribution in [3.05, 3.63) is 0 Å². The summed E-state index contributed by atoms with van der Waals surface area (Å²) in [6, 6.07) is 0. The van der Waals surface area contributed by atoms with Crippen molar-refractivity contribution in [3.63, 3.8) is 0 Å². The lowest BCUT2D eigenvalue weighted by molar-refractivity contribution is -0.572. The molecule has 0 aromatic heterocycles. The van der Waals surface area contributed by atoms with Gasteiger partial charge in [-0.05, 0) is 16.8 Å². The zero-order valence-corrected chi connectivity index (χ0v) is 6.79. The number of nitrogens with one attached hydrogen (secondary N) is 2. The quantitative estimate of drug-likeness (QED) is 0.189. The van der Waals surface area contributed by atoms with Gasteiger partial charge in [0.1, 0.15) is 7.05 Å². The summed E-state index contributed by atoms with van der Waals surface area (Å²) >= 11 is 0. The molecule has 0 atom stereocenters. The molecule has 11 heavy (non-hydrogen) atoms. The van der Waals surface area contributed by atoms with Crippen LogP contribution in [0.1, 0.15) is 13.8 Å². The van der Waals surface area contributed by atoms with Gasteiger partial charge in [-0.1, -0.05) is 0 Å². The van der Waals surface area contributed by atoms with Crippen molar-refractivity contribution < 1.29 is 4.81 Å². The van der Waals surface area contributed by atoms with Crippen molar-refractivity contribution in [3.8, 4) is 0 Å². The van der Waals surface area contributed by atoms with E-state index in [0.717, 1.165) is 4.81 Å². The molecule has 0 rings (SSSR count). The molecule has 0 aromatic carbocycles. The lowest BCUT2D eigenvalue weighted by atomic mass is 10.7. The summed E-state index contributed by atoms with van der Waals surface area (Å²) in [6.45, 7) is 3.04. The van der Waals surface area contributed by atoms with Gasteiger partial charge in [0.2, 0.25) is 0 Å². The Hall–Kier alpha value is -1.46. The summed E-state index contributed by atoms with van der Waals surface area (Å²) in [5, 5.41) is 24.4. The molecular formula is C5H11N6+. The van der Waals surface area contributed by atoms with Crippen molar-refractivity contribution in [1.29, 1.82) is 10.8 Å². The molecule has 0 radical (unpaired) electrons. The minimum atomic E-state index is 0.106. The zero-order chi connectivity index (χ0) is 8.85. The maximum absolute atomic E-state index is 6.95. The number of hydrogen-bond donors (Lipinski definition) is 2. The molecule has 6 nitrogen and oxygen atoms in total. The van der Waals surface area contributed by atoms with Crippen molar-refractivity contribution >= 4 is 11.7 Å². The topological polar surface area (TPSA) is 87.8 Å². The van der Waals surface area contributed by atoms with Crippen LogP contribution in [0.25, 0.3) is 0 Å². The summed E-state index contributed by atoms with van der Waals surface area (Å²) in [4.78, 5) is 1.14. The van der Waals surface area contributed by atoms with E-state index in [9.17, 15) is 0 Å². The van der Waals surface area contributed by atoms with E-state index in [1.54, 1.807) is 7.05 Å². The molecule has 2 N–H and O–H groups in total. The predicted molar refractivity (Wildman–Crippen MR) is 40.3 cm³/mol. The summed E-state index contributed by atoms with van der Waals surface area (Å²) in [6.07, 6.45) is 0. The highest BCUT2D eigenvalue weighted by Crippen LogP contribution is 1.81. The summed E-state index contributed by atoms with van der Waals surface area (Å²) < 4.78 is 0. The average Bonchev–Trinajstić information content (AvgIpc) is 1.82. The van der Waals surface area contributed by atoms with E-state index in [2.05, 4.69) is 15.5 Å². The maximum atomic E-state index is 6.95. The van der Waals surface area contributed by atoms with Crippen LogP contribution in [0.15, 0.2) is 15.5 Å². The van der Waals surface area contributed by atoms with Crippen LogP contribution in [0.5, 0.6) is 0 Å². The van der Waals surface area contributed by atoms with Crippen LogP contribution in [0.3, 0.4) is 0 Å². The third-order valence-electron chi connectivity index (χ3n) is 0.619. The van der Waals surface area contributed by atoms with E-state index >= 15 is 0 Å². The summed E-state index contributed by atoms with van der Waals surface area (Å²) in [5.74, 6) is 0.253. The lowest BCUT2D eigenvalue weighted by Gasteiger charge is -1.81. The molecule has 60 valence electrons. The maximum Gasteiger partial charge on any atom is 0.260 e. The number of amidine groups is 2. The molecule has 0 bridgehead atoms. The van der Waals surface area contributed by atoms with Crippen LogP contribution in [-0.2, 0) is 0 Å².